The molecule has 1 aromatic carbocycles. The van der Waals surface area contributed by atoms with E-state index in [4.69, 9.17) is 21.3 Å². The summed E-state index contributed by atoms with van der Waals surface area (Å²) in [7, 11) is 0. The minimum absolute atomic E-state index is 0.112. The van der Waals surface area contributed by atoms with Gasteiger partial charge in [0.1, 0.15) is 23.5 Å². The lowest BCUT2D eigenvalue weighted by atomic mass is 10.0. The standard InChI is InChI=1S/C15H17N7O8/c16-9(5-1-2-7-6(3-5)21-12(18)30-7)8-10(17)19-4-20-11(8)22-13(23,14(24,25)26)15(27,28)29/h1-4,16,23-29H,(H2,18,21)(H3,17,19,20,22). The predicted octanol–water partition coefficient (Wildman–Crippen LogP) is -3.44. The molecule has 2 aromatic heterocycles. The van der Waals surface area contributed by atoms with Crippen LogP contribution in [-0.4, -0.2) is 74.1 Å². The zero-order chi connectivity index (χ0) is 22.5. The van der Waals surface area contributed by atoms with Gasteiger partial charge < -0.3 is 56.9 Å². The number of anilines is 3. The van der Waals surface area contributed by atoms with Gasteiger partial charge >= 0.3 is 17.7 Å². The Kier molecular flexibility index (Phi) is 4.83. The number of oxazole rings is 1. The molecule has 13 N–H and O–H groups in total. The summed E-state index contributed by atoms with van der Waals surface area (Å²) in [6.45, 7) is 0. The average molecular weight is 423 g/mol. The van der Waals surface area contributed by atoms with Crippen LogP contribution in [0.5, 0.6) is 0 Å². The highest BCUT2D eigenvalue weighted by Gasteiger charge is 2.63. The number of fused-ring (bicyclic) bond motifs is 1. The Morgan fingerprint density at radius 3 is 2.23 bits per heavy atom. The maximum atomic E-state index is 10.1. The van der Waals surface area contributed by atoms with E-state index in [-0.39, 0.29) is 28.5 Å². The Labute approximate surface area is 166 Å². The van der Waals surface area contributed by atoms with Gasteiger partial charge in [0, 0.05) is 5.56 Å². The Bertz CT molecular complexity index is 1100. The molecular formula is C15H17N7O8. The number of benzene rings is 1. The number of aliphatic hydroxyl groups is 7. The van der Waals surface area contributed by atoms with Gasteiger partial charge in [-0.2, -0.15) is 4.98 Å². The lowest BCUT2D eigenvalue weighted by molar-refractivity contribution is -0.486. The maximum Gasteiger partial charge on any atom is 0.335 e. The molecule has 15 nitrogen and oxygen atoms in total. The highest BCUT2D eigenvalue weighted by Crippen LogP contribution is 2.32. The summed E-state index contributed by atoms with van der Waals surface area (Å²) in [4.78, 5) is 11.2. The van der Waals surface area contributed by atoms with Crippen molar-refractivity contribution in [2.75, 3.05) is 16.8 Å². The fourth-order valence-electron chi connectivity index (χ4n) is 2.55. The smallest absolute Gasteiger partial charge is 0.335 e. The van der Waals surface area contributed by atoms with Crippen LogP contribution in [0.25, 0.3) is 11.1 Å². The van der Waals surface area contributed by atoms with Crippen molar-refractivity contribution in [2.24, 2.45) is 0 Å². The summed E-state index contributed by atoms with van der Waals surface area (Å²) >= 11 is 0. The first-order valence-corrected chi connectivity index (χ1v) is 7.95. The zero-order valence-electron chi connectivity index (χ0n) is 14.8. The monoisotopic (exact) mass is 423 g/mol. The quantitative estimate of drug-likeness (QED) is 0.136. The summed E-state index contributed by atoms with van der Waals surface area (Å²) in [6, 6.07) is 4.15. The first kappa shape index (κ1) is 21.3. The van der Waals surface area contributed by atoms with Crippen molar-refractivity contribution >= 4 is 34.5 Å². The van der Waals surface area contributed by atoms with Gasteiger partial charge in [-0.1, -0.05) is 0 Å². The van der Waals surface area contributed by atoms with Crippen molar-refractivity contribution in [3.63, 3.8) is 0 Å². The van der Waals surface area contributed by atoms with E-state index in [9.17, 15) is 35.7 Å². The molecule has 0 fully saturated rings. The Morgan fingerprint density at radius 1 is 1.00 bits per heavy atom. The molecule has 0 unspecified atom stereocenters. The van der Waals surface area contributed by atoms with E-state index in [2.05, 4.69) is 15.0 Å². The van der Waals surface area contributed by atoms with E-state index < -0.39 is 29.2 Å². The van der Waals surface area contributed by atoms with Crippen LogP contribution in [0, 0.1) is 5.41 Å². The molecule has 2 heterocycles. The molecule has 3 rings (SSSR count). The van der Waals surface area contributed by atoms with Gasteiger partial charge in [0.15, 0.2) is 5.58 Å². The largest absolute Gasteiger partial charge is 0.424 e. The number of nitrogens with two attached hydrogens (primary N) is 2. The highest BCUT2D eigenvalue weighted by molar-refractivity contribution is 6.17. The summed E-state index contributed by atoms with van der Waals surface area (Å²) in [6.07, 6.45) is 0.817. The van der Waals surface area contributed by atoms with Gasteiger partial charge in [-0.15, -0.1) is 0 Å². The van der Waals surface area contributed by atoms with Gasteiger partial charge in [0.05, 0.1) is 11.3 Å². The van der Waals surface area contributed by atoms with E-state index in [1.165, 1.54) is 18.2 Å². The molecule has 0 spiro atoms. The second-order valence-corrected chi connectivity index (χ2v) is 6.20. The van der Waals surface area contributed by atoms with E-state index in [0.717, 1.165) is 6.33 Å². The van der Waals surface area contributed by atoms with Crippen LogP contribution in [0.4, 0.5) is 17.7 Å². The Morgan fingerprint density at radius 2 is 1.63 bits per heavy atom. The van der Waals surface area contributed by atoms with Gasteiger partial charge in [-0.05, 0) is 18.2 Å². The van der Waals surface area contributed by atoms with E-state index in [1.54, 1.807) is 5.32 Å². The van der Waals surface area contributed by atoms with Crippen LogP contribution >= 0.6 is 0 Å². The molecule has 0 aliphatic carbocycles. The Hall–Kier alpha value is -3.44. The molecular weight excluding hydrogens is 406 g/mol. The van der Waals surface area contributed by atoms with Crippen molar-refractivity contribution < 1.29 is 40.2 Å². The van der Waals surface area contributed by atoms with Gasteiger partial charge in [-0.3, -0.25) is 5.41 Å². The number of nitrogens with one attached hydrogen (secondary N) is 2. The van der Waals surface area contributed by atoms with E-state index in [1.807, 2.05) is 0 Å². The predicted molar refractivity (Wildman–Crippen MR) is 98.1 cm³/mol. The molecule has 0 saturated carbocycles. The van der Waals surface area contributed by atoms with Crippen molar-refractivity contribution in [1.82, 2.24) is 15.0 Å². The Balaban J connectivity index is 2.11. The van der Waals surface area contributed by atoms with Gasteiger partial charge in [0.2, 0.25) is 0 Å². The van der Waals surface area contributed by atoms with Crippen molar-refractivity contribution in [3.05, 3.63) is 35.7 Å². The minimum atomic E-state index is -4.30. The fraction of sp³-hybridized carbons (Fsp3) is 0.200. The first-order chi connectivity index (χ1) is 13.7. The highest BCUT2D eigenvalue weighted by atomic mass is 16.7. The van der Waals surface area contributed by atoms with E-state index >= 15 is 0 Å². The molecule has 0 amide bonds. The second-order valence-electron chi connectivity index (χ2n) is 6.20. The number of nitrogens with zero attached hydrogens (tertiary/aromatic N) is 3. The molecule has 0 bridgehead atoms. The second kappa shape index (κ2) is 6.82. The molecule has 0 aliphatic heterocycles. The third kappa shape index (κ3) is 3.48. The van der Waals surface area contributed by atoms with Crippen LogP contribution in [0.2, 0.25) is 0 Å². The number of hydrogen-bond donors (Lipinski definition) is 11. The van der Waals surface area contributed by atoms with Crippen LogP contribution in [-0.2, 0) is 0 Å². The number of nitrogen functional groups attached to an aromatic ring is 2. The van der Waals surface area contributed by atoms with Crippen molar-refractivity contribution in [2.45, 2.75) is 17.7 Å². The molecule has 30 heavy (non-hydrogen) atoms. The van der Waals surface area contributed by atoms with Crippen LogP contribution < -0.4 is 16.8 Å². The number of rotatable bonds is 6. The maximum absolute atomic E-state index is 10.1. The normalized spacial score (nSPS) is 12.9. The molecule has 0 radical (unpaired) electrons. The van der Waals surface area contributed by atoms with Crippen LogP contribution in [0.1, 0.15) is 11.1 Å². The summed E-state index contributed by atoms with van der Waals surface area (Å²) in [5, 5.41) is 76.2. The molecule has 0 aliphatic rings. The van der Waals surface area contributed by atoms with Crippen LogP contribution in [0.3, 0.4) is 0 Å². The number of aromatic nitrogens is 3. The third-order valence-electron chi connectivity index (χ3n) is 4.09. The molecule has 0 saturated heterocycles. The zero-order valence-corrected chi connectivity index (χ0v) is 14.8. The van der Waals surface area contributed by atoms with Gasteiger partial charge in [0.25, 0.3) is 6.01 Å². The van der Waals surface area contributed by atoms with Gasteiger partial charge in [-0.25, -0.2) is 9.97 Å². The van der Waals surface area contributed by atoms with E-state index in [0.29, 0.717) is 5.58 Å². The fourth-order valence-corrected chi connectivity index (χ4v) is 2.55. The summed E-state index contributed by atoms with van der Waals surface area (Å²) in [5.41, 5.74) is 7.22. The minimum Gasteiger partial charge on any atom is -0.424 e. The average Bonchev–Trinajstić information content (AvgIpc) is 2.98. The summed E-state index contributed by atoms with van der Waals surface area (Å²) < 4.78 is 5.13. The lowest BCUT2D eigenvalue weighted by Crippen LogP contribution is -2.72. The topological polar surface area (TPSA) is 281 Å². The number of hydrogen-bond acceptors (Lipinski definition) is 15. The van der Waals surface area contributed by atoms with Crippen molar-refractivity contribution in [3.8, 4) is 0 Å². The third-order valence-corrected chi connectivity index (χ3v) is 4.09. The summed E-state index contributed by atoms with van der Waals surface area (Å²) in [5.74, 6) is -9.65. The SMILES string of the molecule is N=C(c1ccc2oc(N)nc2c1)c1c(N)ncnc1NC(O)(C(O)(O)O)C(O)(O)O. The molecule has 0 atom stereocenters. The lowest BCUT2D eigenvalue weighted by Gasteiger charge is -2.40. The first-order valence-electron chi connectivity index (χ1n) is 7.95. The molecule has 15 heteroatoms. The molecule has 160 valence electrons. The van der Waals surface area contributed by atoms with Crippen molar-refractivity contribution in [1.29, 1.82) is 5.41 Å². The van der Waals surface area contributed by atoms with Crippen LogP contribution in [0.15, 0.2) is 28.9 Å². The molecule has 3 aromatic rings.